The minimum atomic E-state index is 0.00811. The lowest BCUT2D eigenvalue weighted by Crippen LogP contribution is -2.43. The third kappa shape index (κ3) is 5.33. The Hall–Kier alpha value is -1.89. The number of anilines is 1. The molecule has 2 N–H and O–H groups in total. The molecule has 1 amide bonds. The fourth-order valence-electron chi connectivity index (χ4n) is 2.47. The van der Waals surface area contributed by atoms with E-state index in [0.29, 0.717) is 13.0 Å². The highest BCUT2D eigenvalue weighted by Gasteiger charge is 2.16. The monoisotopic (exact) mass is 343 g/mol. The van der Waals surface area contributed by atoms with Crippen molar-refractivity contribution in [3.63, 3.8) is 0 Å². The van der Waals surface area contributed by atoms with E-state index in [9.17, 15) is 4.79 Å². The van der Waals surface area contributed by atoms with Crippen molar-refractivity contribution in [3.8, 4) is 0 Å². The minimum absolute atomic E-state index is 0.00811. The van der Waals surface area contributed by atoms with Crippen LogP contribution in [0, 0.1) is 0 Å². The van der Waals surface area contributed by atoms with Crippen LogP contribution >= 0.6 is 11.8 Å². The van der Waals surface area contributed by atoms with Crippen LogP contribution in [0.3, 0.4) is 0 Å². The summed E-state index contributed by atoms with van der Waals surface area (Å²) in [5.41, 5.74) is 2.02. The Morgan fingerprint density at radius 1 is 1.33 bits per heavy atom. The van der Waals surface area contributed by atoms with Crippen LogP contribution < -0.4 is 10.6 Å². The molecule has 1 aromatic carbocycles. The fourth-order valence-corrected chi connectivity index (χ4v) is 3.30. The molecule has 1 fully saturated rings. The molecule has 2 heterocycles. The van der Waals surface area contributed by atoms with E-state index in [1.165, 1.54) is 10.5 Å². The summed E-state index contributed by atoms with van der Waals surface area (Å²) in [4.78, 5) is 17.3. The molecule has 1 saturated heterocycles. The average molecular weight is 343 g/mol. The maximum Gasteiger partial charge on any atom is 0.226 e. The quantitative estimate of drug-likeness (QED) is 0.790. The normalized spacial score (nSPS) is 17.4. The van der Waals surface area contributed by atoms with Gasteiger partial charge in [0.05, 0.1) is 13.2 Å². The molecule has 0 aliphatic carbocycles. The van der Waals surface area contributed by atoms with Crippen LogP contribution in [0.1, 0.15) is 12.0 Å². The molecule has 1 aliphatic rings. The summed E-state index contributed by atoms with van der Waals surface area (Å²) < 4.78 is 5.36. The van der Waals surface area contributed by atoms with Crippen LogP contribution in [0.15, 0.2) is 53.7 Å². The first-order valence-corrected chi connectivity index (χ1v) is 9.01. The number of ether oxygens (including phenoxy) is 1. The molecule has 0 spiro atoms. The lowest BCUT2D eigenvalue weighted by Gasteiger charge is -2.23. The van der Waals surface area contributed by atoms with Gasteiger partial charge in [-0.05, 0) is 35.9 Å². The molecule has 24 heavy (non-hydrogen) atoms. The molecular formula is C18H21N3O2S. The van der Waals surface area contributed by atoms with E-state index in [-0.39, 0.29) is 11.9 Å². The second kappa shape index (κ2) is 8.82. The lowest BCUT2D eigenvalue weighted by molar-refractivity contribution is -0.117. The smallest absolute Gasteiger partial charge is 0.226 e. The van der Waals surface area contributed by atoms with Crippen molar-refractivity contribution in [2.45, 2.75) is 23.1 Å². The number of amides is 1. The Balaban J connectivity index is 1.46. The summed E-state index contributed by atoms with van der Waals surface area (Å²) in [5, 5.41) is 6.22. The first-order valence-electron chi connectivity index (χ1n) is 8.02. The molecule has 6 heteroatoms. The third-order valence-corrected chi connectivity index (χ3v) is 4.78. The predicted octanol–water partition coefficient (Wildman–Crippen LogP) is 2.69. The zero-order valence-corrected chi connectivity index (χ0v) is 14.2. The van der Waals surface area contributed by atoms with Gasteiger partial charge in [0.15, 0.2) is 0 Å². The lowest BCUT2D eigenvalue weighted by atomic mass is 10.2. The Morgan fingerprint density at radius 2 is 2.21 bits per heavy atom. The number of nitrogens with zero attached hydrogens (tertiary/aromatic N) is 1. The van der Waals surface area contributed by atoms with Crippen LogP contribution in [0.4, 0.5) is 5.69 Å². The van der Waals surface area contributed by atoms with E-state index in [2.05, 4.69) is 21.7 Å². The van der Waals surface area contributed by atoms with E-state index in [1.807, 2.05) is 36.5 Å². The molecular weight excluding hydrogens is 322 g/mol. The van der Waals surface area contributed by atoms with Crippen molar-refractivity contribution in [1.82, 2.24) is 10.3 Å². The van der Waals surface area contributed by atoms with Gasteiger partial charge in [0.25, 0.3) is 0 Å². The highest BCUT2D eigenvalue weighted by atomic mass is 32.2. The number of carbonyl (C=O) groups is 1. The summed E-state index contributed by atoms with van der Waals surface area (Å²) >= 11 is 1.75. The number of rotatable bonds is 6. The van der Waals surface area contributed by atoms with Crippen LogP contribution in [-0.4, -0.2) is 36.7 Å². The fraction of sp³-hybridized carbons (Fsp3) is 0.333. The van der Waals surface area contributed by atoms with E-state index >= 15 is 0 Å². The van der Waals surface area contributed by atoms with Crippen molar-refractivity contribution in [3.05, 3.63) is 54.4 Å². The topological polar surface area (TPSA) is 63.2 Å². The number of hydrogen-bond donors (Lipinski definition) is 2. The average Bonchev–Trinajstić information content (AvgIpc) is 2.63. The zero-order chi connectivity index (χ0) is 16.6. The van der Waals surface area contributed by atoms with Crippen molar-refractivity contribution in [2.24, 2.45) is 0 Å². The molecule has 0 saturated carbocycles. The molecule has 2 aromatic rings. The highest BCUT2D eigenvalue weighted by molar-refractivity contribution is 7.98. The summed E-state index contributed by atoms with van der Waals surface area (Å²) in [7, 11) is 0. The zero-order valence-electron chi connectivity index (χ0n) is 13.4. The first kappa shape index (κ1) is 17.0. The molecule has 5 nitrogen and oxygen atoms in total. The molecule has 1 atom stereocenters. The number of carbonyl (C=O) groups excluding carboxylic acids is 1. The van der Waals surface area contributed by atoms with Gasteiger partial charge >= 0.3 is 0 Å². The molecule has 0 radical (unpaired) electrons. The van der Waals surface area contributed by atoms with Crippen molar-refractivity contribution in [2.75, 3.05) is 25.1 Å². The van der Waals surface area contributed by atoms with E-state index in [0.717, 1.165) is 24.6 Å². The number of aromatic nitrogens is 1. The molecule has 1 aliphatic heterocycles. The number of morpholine rings is 1. The van der Waals surface area contributed by atoms with E-state index in [1.54, 1.807) is 18.0 Å². The van der Waals surface area contributed by atoms with Gasteiger partial charge in [-0.15, -0.1) is 11.8 Å². The number of thioether (sulfide) groups is 1. The maximum atomic E-state index is 12.1. The van der Waals surface area contributed by atoms with Crippen molar-refractivity contribution >= 4 is 23.4 Å². The van der Waals surface area contributed by atoms with Gasteiger partial charge in [0.2, 0.25) is 5.91 Å². The number of pyridine rings is 1. The summed E-state index contributed by atoms with van der Waals surface area (Å²) in [6.07, 6.45) is 4.09. The maximum absolute atomic E-state index is 12.1. The van der Waals surface area contributed by atoms with E-state index in [4.69, 9.17) is 4.74 Å². The predicted molar refractivity (Wildman–Crippen MR) is 96.1 cm³/mol. The van der Waals surface area contributed by atoms with Crippen LogP contribution in [-0.2, 0) is 15.3 Å². The van der Waals surface area contributed by atoms with Gasteiger partial charge in [0, 0.05) is 47.7 Å². The number of hydrogen-bond acceptors (Lipinski definition) is 5. The minimum Gasteiger partial charge on any atom is -0.378 e. The van der Waals surface area contributed by atoms with E-state index < -0.39 is 0 Å². The van der Waals surface area contributed by atoms with Crippen LogP contribution in [0.5, 0.6) is 0 Å². The number of nitrogens with one attached hydrogen (secondary N) is 2. The van der Waals surface area contributed by atoms with Crippen LogP contribution in [0.25, 0.3) is 0 Å². The summed E-state index contributed by atoms with van der Waals surface area (Å²) in [5.74, 6) is 0.890. The Bertz CT molecular complexity index is 643. The van der Waals surface area contributed by atoms with Gasteiger partial charge in [-0.3, -0.25) is 9.78 Å². The van der Waals surface area contributed by atoms with Gasteiger partial charge < -0.3 is 15.4 Å². The third-order valence-electron chi connectivity index (χ3n) is 3.70. The standard InChI is InChI=1S/C18H21N3O2S/c22-18(10-16-12-23-9-8-20-16)21-15-3-5-17(6-4-15)24-13-14-2-1-7-19-11-14/h1-7,11,16,20H,8-10,12-13H2,(H,21,22). The van der Waals surface area contributed by atoms with Gasteiger partial charge in [-0.25, -0.2) is 0 Å². The summed E-state index contributed by atoms with van der Waals surface area (Å²) in [6.45, 7) is 2.12. The SMILES string of the molecule is O=C(CC1COCCN1)Nc1ccc(SCc2cccnc2)cc1. The Labute approximate surface area is 146 Å². The molecule has 1 aromatic heterocycles. The van der Waals surface area contributed by atoms with Crippen molar-refractivity contribution < 1.29 is 9.53 Å². The van der Waals surface area contributed by atoms with Gasteiger partial charge in [-0.2, -0.15) is 0 Å². The first-order chi connectivity index (χ1) is 11.8. The second-order valence-electron chi connectivity index (χ2n) is 5.65. The Morgan fingerprint density at radius 3 is 2.92 bits per heavy atom. The van der Waals surface area contributed by atoms with Crippen LogP contribution in [0.2, 0.25) is 0 Å². The number of benzene rings is 1. The summed E-state index contributed by atoms with van der Waals surface area (Å²) in [6, 6.07) is 12.0. The molecule has 0 bridgehead atoms. The molecule has 126 valence electrons. The van der Waals surface area contributed by atoms with Gasteiger partial charge in [-0.1, -0.05) is 6.07 Å². The van der Waals surface area contributed by atoms with Crippen molar-refractivity contribution in [1.29, 1.82) is 0 Å². The highest BCUT2D eigenvalue weighted by Crippen LogP contribution is 2.24. The Kier molecular flexibility index (Phi) is 6.23. The molecule has 3 rings (SSSR count). The second-order valence-corrected chi connectivity index (χ2v) is 6.70. The molecule has 1 unspecified atom stereocenters. The van der Waals surface area contributed by atoms with Gasteiger partial charge in [0.1, 0.15) is 0 Å². The largest absolute Gasteiger partial charge is 0.378 e.